The first-order valence-corrected chi connectivity index (χ1v) is 10.6. The minimum Gasteiger partial charge on any atom is -0.493 e. The summed E-state index contributed by atoms with van der Waals surface area (Å²) in [6, 6.07) is 11.1. The van der Waals surface area contributed by atoms with Crippen molar-refractivity contribution in [2.24, 2.45) is 0 Å². The molecular formula is C23H24F3N5O4. The quantitative estimate of drug-likeness (QED) is 0.442. The zero-order chi connectivity index (χ0) is 25.3. The molecule has 0 aliphatic rings. The SMILES string of the molecule is CN(CCOc1ccc(C(F)(F)F)cn1)C(=O)Cn1cc(NC(=O)CCOc2ccccc2)cn1. The Morgan fingerprint density at radius 2 is 1.83 bits per heavy atom. The highest BCUT2D eigenvalue weighted by molar-refractivity contribution is 5.90. The maximum atomic E-state index is 12.6. The summed E-state index contributed by atoms with van der Waals surface area (Å²) >= 11 is 0. The van der Waals surface area contributed by atoms with Crippen LogP contribution in [0.15, 0.2) is 61.1 Å². The number of likely N-dealkylation sites (N-methyl/N-ethyl adjacent to an activating group) is 1. The van der Waals surface area contributed by atoms with Crippen LogP contribution in [-0.4, -0.2) is 58.3 Å². The number of para-hydroxylation sites is 1. The highest BCUT2D eigenvalue weighted by atomic mass is 19.4. The fraction of sp³-hybridized carbons (Fsp3) is 0.304. The van der Waals surface area contributed by atoms with E-state index in [4.69, 9.17) is 9.47 Å². The van der Waals surface area contributed by atoms with Crippen molar-refractivity contribution < 1.29 is 32.2 Å². The van der Waals surface area contributed by atoms with E-state index in [-0.39, 0.29) is 50.4 Å². The number of aromatic nitrogens is 3. The van der Waals surface area contributed by atoms with Crippen LogP contribution < -0.4 is 14.8 Å². The average molecular weight is 491 g/mol. The van der Waals surface area contributed by atoms with Gasteiger partial charge < -0.3 is 19.7 Å². The number of amides is 2. The number of nitrogens with one attached hydrogen (secondary N) is 1. The van der Waals surface area contributed by atoms with Crippen molar-refractivity contribution in [3.05, 3.63) is 66.6 Å². The number of anilines is 1. The van der Waals surface area contributed by atoms with Gasteiger partial charge in [-0.05, 0) is 18.2 Å². The second kappa shape index (κ2) is 11.9. The van der Waals surface area contributed by atoms with Crippen molar-refractivity contribution in [2.75, 3.05) is 32.1 Å². The zero-order valence-corrected chi connectivity index (χ0v) is 18.9. The first-order chi connectivity index (χ1) is 16.7. The topological polar surface area (TPSA) is 98.6 Å². The van der Waals surface area contributed by atoms with E-state index in [1.165, 1.54) is 22.0 Å². The molecule has 2 aromatic heterocycles. The van der Waals surface area contributed by atoms with E-state index >= 15 is 0 Å². The summed E-state index contributed by atoms with van der Waals surface area (Å²) in [4.78, 5) is 29.5. The molecule has 0 radical (unpaired) electrons. The summed E-state index contributed by atoms with van der Waals surface area (Å²) in [6.07, 6.45) is -0.665. The summed E-state index contributed by atoms with van der Waals surface area (Å²) in [7, 11) is 1.56. The number of hydrogen-bond donors (Lipinski definition) is 1. The molecule has 0 saturated heterocycles. The monoisotopic (exact) mass is 491 g/mol. The standard InChI is InChI=1S/C23H24F3N5O4/c1-30(10-12-35-21-8-7-17(13-27-21)23(24,25)26)22(33)16-31-15-18(14-28-31)29-20(32)9-11-34-19-5-3-2-4-6-19/h2-8,13-15H,9-12,16H2,1H3,(H,29,32). The van der Waals surface area contributed by atoms with Crippen LogP contribution in [0.1, 0.15) is 12.0 Å². The number of hydrogen-bond acceptors (Lipinski definition) is 6. The van der Waals surface area contributed by atoms with Gasteiger partial charge >= 0.3 is 6.18 Å². The van der Waals surface area contributed by atoms with E-state index in [0.29, 0.717) is 17.6 Å². The molecule has 2 amide bonds. The van der Waals surface area contributed by atoms with Gasteiger partial charge in [0.25, 0.3) is 0 Å². The van der Waals surface area contributed by atoms with Crippen LogP contribution in [0.5, 0.6) is 11.6 Å². The summed E-state index contributed by atoms with van der Waals surface area (Å²) < 4.78 is 49.8. The average Bonchev–Trinajstić information content (AvgIpc) is 3.25. The van der Waals surface area contributed by atoms with Crippen LogP contribution in [0.3, 0.4) is 0 Å². The Hall–Kier alpha value is -4.09. The Kier molecular flexibility index (Phi) is 8.65. The smallest absolute Gasteiger partial charge is 0.417 e. The first-order valence-electron chi connectivity index (χ1n) is 10.6. The molecule has 0 aliphatic heterocycles. The van der Waals surface area contributed by atoms with E-state index in [2.05, 4.69) is 15.4 Å². The van der Waals surface area contributed by atoms with Gasteiger partial charge in [0.05, 0.1) is 37.0 Å². The van der Waals surface area contributed by atoms with Crippen molar-refractivity contribution in [1.29, 1.82) is 0 Å². The molecule has 0 spiro atoms. The van der Waals surface area contributed by atoms with E-state index in [1.807, 2.05) is 18.2 Å². The molecule has 3 aromatic rings. The van der Waals surface area contributed by atoms with Crippen LogP contribution in [0.25, 0.3) is 0 Å². The van der Waals surface area contributed by atoms with Crippen LogP contribution in [0.2, 0.25) is 0 Å². The van der Waals surface area contributed by atoms with Crippen LogP contribution in [0.4, 0.5) is 18.9 Å². The number of carbonyl (C=O) groups excluding carboxylic acids is 2. The Labute approximate surface area is 199 Å². The summed E-state index contributed by atoms with van der Waals surface area (Å²) in [5, 5.41) is 6.76. The predicted molar refractivity (Wildman–Crippen MR) is 120 cm³/mol. The van der Waals surface area contributed by atoms with Crippen molar-refractivity contribution >= 4 is 17.5 Å². The molecular weight excluding hydrogens is 467 g/mol. The van der Waals surface area contributed by atoms with E-state index in [9.17, 15) is 22.8 Å². The number of nitrogens with zero attached hydrogens (tertiary/aromatic N) is 4. The van der Waals surface area contributed by atoms with Gasteiger partial charge in [0, 0.05) is 25.5 Å². The van der Waals surface area contributed by atoms with Crippen LogP contribution in [-0.2, 0) is 22.3 Å². The predicted octanol–water partition coefficient (Wildman–Crippen LogP) is 3.24. The fourth-order valence-corrected chi connectivity index (χ4v) is 2.82. The molecule has 3 rings (SSSR count). The molecule has 2 heterocycles. The van der Waals surface area contributed by atoms with Crippen LogP contribution in [0, 0.1) is 0 Å². The second-order valence-electron chi connectivity index (χ2n) is 7.43. The molecule has 0 atom stereocenters. The fourth-order valence-electron chi connectivity index (χ4n) is 2.82. The minimum absolute atomic E-state index is 0.0282. The number of rotatable bonds is 11. The molecule has 1 N–H and O–H groups in total. The molecule has 0 aliphatic carbocycles. The first kappa shape index (κ1) is 25.5. The molecule has 1 aromatic carbocycles. The lowest BCUT2D eigenvalue weighted by Gasteiger charge is -2.17. The lowest BCUT2D eigenvalue weighted by Crippen LogP contribution is -2.33. The number of ether oxygens (including phenoxy) is 2. The number of alkyl halides is 3. The van der Waals surface area contributed by atoms with Gasteiger partial charge in [0.2, 0.25) is 17.7 Å². The highest BCUT2D eigenvalue weighted by Gasteiger charge is 2.30. The summed E-state index contributed by atoms with van der Waals surface area (Å²) in [5.41, 5.74) is -0.422. The number of benzene rings is 1. The van der Waals surface area contributed by atoms with Crippen molar-refractivity contribution in [3.8, 4) is 11.6 Å². The van der Waals surface area contributed by atoms with Crippen molar-refractivity contribution in [1.82, 2.24) is 19.7 Å². The second-order valence-corrected chi connectivity index (χ2v) is 7.43. The van der Waals surface area contributed by atoms with Gasteiger partial charge in [-0.15, -0.1) is 0 Å². The minimum atomic E-state index is -4.47. The van der Waals surface area contributed by atoms with Gasteiger partial charge in [-0.3, -0.25) is 14.3 Å². The molecule has 35 heavy (non-hydrogen) atoms. The van der Waals surface area contributed by atoms with E-state index in [1.54, 1.807) is 19.2 Å². The third-order valence-electron chi connectivity index (χ3n) is 4.72. The Morgan fingerprint density at radius 3 is 2.51 bits per heavy atom. The van der Waals surface area contributed by atoms with Gasteiger partial charge in [0.15, 0.2) is 0 Å². The normalized spacial score (nSPS) is 11.1. The number of halogens is 3. The molecule has 0 saturated carbocycles. The number of pyridine rings is 1. The molecule has 9 nitrogen and oxygen atoms in total. The summed E-state index contributed by atoms with van der Waals surface area (Å²) in [5.74, 6) is 0.182. The third-order valence-corrected chi connectivity index (χ3v) is 4.72. The molecule has 12 heteroatoms. The Balaban J connectivity index is 1.36. The van der Waals surface area contributed by atoms with Crippen LogP contribution >= 0.6 is 0 Å². The molecule has 0 unspecified atom stereocenters. The third kappa shape index (κ3) is 8.32. The molecule has 0 bridgehead atoms. The number of carbonyl (C=O) groups is 2. The lowest BCUT2D eigenvalue weighted by atomic mass is 10.3. The van der Waals surface area contributed by atoms with Gasteiger partial charge in [-0.2, -0.15) is 18.3 Å². The van der Waals surface area contributed by atoms with E-state index in [0.717, 1.165) is 12.1 Å². The van der Waals surface area contributed by atoms with Gasteiger partial charge in [0.1, 0.15) is 18.9 Å². The van der Waals surface area contributed by atoms with Crippen molar-refractivity contribution in [2.45, 2.75) is 19.1 Å². The molecule has 186 valence electrons. The Morgan fingerprint density at radius 1 is 1.06 bits per heavy atom. The Bertz CT molecular complexity index is 1100. The maximum Gasteiger partial charge on any atom is 0.417 e. The van der Waals surface area contributed by atoms with E-state index < -0.39 is 11.7 Å². The van der Waals surface area contributed by atoms with Crippen molar-refractivity contribution in [3.63, 3.8) is 0 Å². The maximum absolute atomic E-state index is 12.6. The molecule has 0 fully saturated rings. The largest absolute Gasteiger partial charge is 0.493 e. The zero-order valence-electron chi connectivity index (χ0n) is 18.9. The van der Waals surface area contributed by atoms with Gasteiger partial charge in [-0.25, -0.2) is 4.98 Å². The lowest BCUT2D eigenvalue weighted by molar-refractivity contribution is -0.138. The summed E-state index contributed by atoms with van der Waals surface area (Å²) in [6.45, 7) is 0.388. The highest BCUT2D eigenvalue weighted by Crippen LogP contribution is 2.29. The van der Waals surface area contributed by atoms with Gasteiger partial charge in [-0.1, -0.05) is 18.2 Å².